The minimum Gasteiger partial charge on any atom is -0.491 e. The molecule has 0 bridgehead atoms. The van der Waals surface area contributed by atoms with Crippen LogP contribution < -0.4 is 25.7 Å². The minimum absolute atomic E-state index is 0.0738. The maximum absolute atomic E-state index is 12.7. The Morgan fingerprint density at radius 1 is 1.00 bits per heavy atom. The number of aromatic nitrogens is 5. The molecule has 0 radical (unpaired) electrons. The van der Waals surface area contributed by atoms with Crippen molar-refractivity contribution < 1.29 is 14.3 Å². The van der Waals surface area contributed by atoms with Gasteiger partial charge in [0.2, 0.25) is 0 Å². The molecule has 1 amide bonds. The first-order valence-corrected chi connectivity index (χ1v) is 12.2. The second kappa shape index (κ2) is 11.1. The fourth-order valence-electron chi connectivity index (χ4n) is 4.05. The third kappa shape index (κ3) is 5.57. The zero-order valence-electron chi connectivity index (χ0n) is 21.7. The Kier molecular flexibility index (Phi) is 7.21. The molecule has 4 heterocycles. The molecule has 0 atom stereocenters. The van der Waals surface area contributed by atoms with Crippen molar-refractivity contribution in [3.05, 3.63) is 94.7 Å². The van der Waals surface area contributed by atoms with E-state index in [0.29, 0.717) is 53.0 Å². The van der Waals surface area contributed by atoms with Gasteiger partial charge >= 0.3 is 0 Å². The summed E-state index contributed by atoms with van der Waals surface area (Å²) in [4.78, 5) is 33.3. The molecule has 0 saturated carbocycles. The Hall–Kier alpha value is -5.19. The van der Waals surface area contributed by atoms with Crippen molar-refractivity contribution in [2.75, 3.05) is 26.1 Å². The van der Waals surface area contributed by atoms with Gasteiger partial charge in [-0.25, -0.2) is 9.50 Å². The topological polar surface area (TPSA) is 125 Å². The molecule has 0 unspecified atom stereocenters. The van der Waals surface area contributed by atoms with Crippen LogP contribution in [0.5, 0.6) is 11.6 Å². The number of benzene rings is 1. The maximum Gasteiger partial charge on any atom is 0.258 e. The standard InChI is InChI=1S/C28H27N7O4/c1-34-14-11-18(16-25(34)36)10-12-30-27(37)20-6-4-19(5-7-20)21-17-22(26-29-13-15-35(26)33-21)31-24-9-8-23(38-2)28(32-24)39-3/h4-9,11,13-17H,10,12H2,1-3H3,(H,30,37)(H,31,32). The average Bonchev–Trinajstić information content (AvgIpc) is 3.44. The summed E-state index contributed by atoms with van der Waals surface area (Å²) in [6.07, 6.45) is 5.72. The first-order chi connectivity index (χ1) is 18.9. The Morgan fingerprint density at radius 3 is 2.56 bits per heavy atom. The number of amides is 1. The van der Waals surface area contributed by atoms with Gasteiger partial charge < -0.3 is 24.7 Å². The van der Waals surface area contributed by atoms with Crippen molar-refractivity contribution in [3.8, 4) is 22.9 Å². The first-order valence-electron chi connectivity index (χ1n) is 12.2. The van der Waals surface area contributed by atoms with E-state index >= 15 is 0 Å². The molecule has 5 rings (SSSR count). The number of hydrogen-bond donors (Lipinski definition) is 2. The maximum atomic E-state index is 12.7. The Balaban J connectivity index is 1.31. The molecule has 198 valence electrons. The van der Waals surface area contributed by atoms with Crippen LogP contribution in [0.2, 0.25) is 0 Å². The molecule has 11 nitrogen and oxygen atoms in total. The smallest absolute Gasteiger partial charge is 0.258 e. The van der Waals surface area contributed by atoms with E-state index in [1.54, 1.807) is 67.6 Å². The SMILES string of the molecule is COc1ccc(Nc2cc(-c3ccc(C(=O)NCCc4ccn(C)c(=O)c4)cc3)nn3ccnc23)nc1OC. The highest BCUT2D eigenvalue weighted by Gasteiger charge is 2.13. The van der Waals surface area contributed by atoms with E-state index in [2.05, 4.69) is 25.7 Å². The Labute approximate surface area is 224 Å². The van der Waals surface area contributed by atoms with Crippen LogP contribution in [0.4, 0.5) is 11.5 Å². The molecule has 0 aliphatic heterocycles. The number of ether oxygens (including phenoxy) is 2. The number of carbonyl (C=O) groups excluding carboxylic acids is 1. The van der Waals surface area contributed by atoms with E-state index in [9.17, 15) is 9.59 Å². The van der Waals surface area contributed by atoms with E-state index in [4.69, 9.17) is 9.47 Å². The third-order valence-corrected chi connectivity index (χ3v) is 6.17. The molecular weight excluding hydrogens is 498 g/mol. The summed E-state index contributed by atoms with van der Waals surface area (Å²) in [5, 5.41) is 10.9. The molecule has 0 fully saturated rings. The monoisotopic (exact) mass is 525 g/mol. The van der Waals surface area contributed by atoms with Crippen molar-refractivity contribution in [3.63, 3.8) is 0 Å². The lowest BCUT2D eigenvalue weighted by Crippen LogP contribution is -2.26. The van der Waals surface area contributed by atoms with Crippen molar-refractivity contribution in [2.45, 2.75) is 6.42 Å². The molecule has 11 heteroatoms. The molecule has 0 spiro atoms. The number of fused-ring (bicyclic) bond motifs is 1. The number of aryl methyl sites for hydroxylation is 1. The van der Waals surface area contributed by atoms with E-state index in [-0.39, 0.29) is 11.5 Å². The number of hydrogen-bond acceptors (Lipinski definition) is 8. The predicted octanol–water partition coefficient (Wildman–Crippen LogP) is 3.22. The lowest BCUT2D eigenvalue weighted by atomic mass is 10.1. The predicted molar refractivity (Wildman–Crippen MR) is 147 cm³/mol. The van der Waals surface area contributed by atoms with Crippen LogP contribution in [0.3, 0.4) is 0 Å². The molecule has 1 aromatic carbocycles. The summed E-state index contributed by atoms with van der Waals surface area (Å²) in [7, 11) is 4.79. The quantitative estimate of drug-likeness (QED) is 0.301. The minimum atomic E-state index is -0.190. The summed E-state index contributed by atoms with van der Waals surface area (Å²) in [6.45, 7) is 0.422. The van der Waals surface area contributed by atoms with Crippen molar-refractivity contribution in [2.24, 2.45) is 7.05 Å². The highest BCUT2D eigenvalue weighted by atomic mass is 16.5. The van der Waals surface area contributed by atoms with Crippen LogP contribution in [-0.4, -0.2) is 50.8 Å². The summed E-state index contributed by atoms with van der Waals surface area (Å²) in [5.41, 5.74) is 4.16. The normalized spacial score (nSPS) is 10.8. The fraction of sp³-hybridized carbons (Fsp3) is 0.179. The Bertz CT molecular complexity index is 1690. The molecular formula is C28H27N7O4. The van der Waals surface area contributed by atoms with Gasteiger partial charge in [0, 0.05) is 49.4 Å². The third-order valence-electron chi connectivity index (χ3n) is 6.17. The second-order valence-corrected chi connectivity index (χ2v) is 8.74. The highest BCUT2D eigenvalue weighted by Crippen LogP contribution is 2.30. The van der Waals surface area contributed by atoms with Crippen LogP contribution in [0.15, 0.2) is 78.0 Å². The molecule has 4 aromatic heterocycles. The fourth-order valence-corrected chi connectivity index (χ4v) is 4.05. The number of rotatable bonds is 9. The molecule has 0 saturated heterocycles. The van der Waals surface area contributed by atoms with E-state index < -0.39 is 0 Å². The molecule has 0 aliphatic rings. The van der Waals surface area contributed by atoms with Crippen LogP contribution in [0, 0.1) is 0 Å². The number of nitrogens with one attached hydrogen (secondary N) is 2. The van der Waals surface area contributed by atoms with Gasteiger partial charge in [0.25, 0.3) is 17.3 Å². The molecule has 0 aliphatic carbocycles. The van der Waals surface area contributed by atoms with Gasteiger partial charge in [0.15, 0.2) is 11.4 Å². The largest absolute Gasteiger partial charge is 0.491 e. The van der Waals surface area contributed by atoms with E-state index in [1.165, 1.54) is 11.7 Å². The van der Waals surface area contributed by atoms with E-state index in [0.717, 1.165) is 11.1 Å². The van der Waals surface area contributed by atoms with Crippen LogP contribution in [-0.2, 0) is 13.5 Å². The second-order valence-electron chi connectivity index (χ2n) is 8.74. The summed E-state index contributed by atoms with van der Waals surface area (Å²) in [5.74, 6) is 1.25. The number of nitrogens with zero attached hydrogens (tertiary/aromatic N) is 5. The Morgan fingerprint density at radius 2 is 1.82 bits per heavy atom. The number of pyridine rings is 2. The summed E-state index contributed by atoms with van der Waals surface area (Å²) >= 11 is 0. The molecule has 5 aromatic rings. The van der Waals surface area contributed by atoms with Gasteiger partial charge in [0.1, 0.15) is 5.82 Å². The van der Waals surface area contributed by atoms with Crippen LogP contribution in [0.25, 0.3) is 16.9 Å². The van der Waals surface area contributed by atoms with Crippen molar-refractivity contribution >= 4 is 23.1 Å². The van der Waals surface area contributed by atoms with Crippen molar-refractivity contribution in [1.82, 2.24) is 29.5 Å². The number of imidazole rings is 1. The number of carbonyl (C=O) groups is 1. The lowest BCUT2D eigenvalue weighted by Gasteiger charge is -2.12. The number of methoxy groups -OCH3 is 2. The van der Waals surface area contributed by atoms with Gasteiger partial charge in [-0.1, -0.05) is 12.1 Å². The van der Waals surface area contributed by atoms with E-state index in [1.807, 2.05) is 24.3 Å². The van der Waals surface area contributed by atoms with Gasteiger partial charge in [-0.05, 0) is 48.4 Å². The highest BCUT2D eigenvalue weighted by molar-refractivity contribution is 5.94. The zero-order chi connectivity index (χ0) is 27.4. The average molecular weight is 526 g/mol. The molecule has 39 heavy (non-hydrogen) atoms. The van der Waals surface area contributed by atoms with Gasteiger partial charge in [0.05, 0.1) is 25.6 Å². The van der Waals surface area contributed by atoms with Crippen LogP contribution in [0.1, 0.15) is 15.9 Å². The molecule has 2 N–H and O–H groups in total. The van der Waals surface area contributed by atoms with Gasteiger partial charge in [-0.2, -0.15) is 10.1 Å². The number of anilines is 2. The lowest BCUT2D eigenvalue weighted by molar-refractivity contribution is 0.0954. The van der Waals surface area contributed by atoms with Gasteiger partial charge in [-0.3, -0.25) is 9.59 Å². The van der Waals surface area contributed by atoms with Crippen LogP contribution >= 0.6 is 0 Å². The first kappa shape index (κ1) is 25.5. The summed E-state index contributed by atoms with van der Waals surface area (Å²) < 4.78 is 13.8. The summed E-state index contributed by atoms with van der Waals surface area (Å²) in [6, 6.07) is 16.1. The zero-order valence-corrected chi connectivity index (χ0v) is 21.7. The van der Waals surface area contributed by atoms with Crippen molar-refractivity contribution in [1.29, 1.82) is 0 Å². The van der Waals surface area contributed by atoms with Gasteiger partial charge in [-0.15, -0.1) is 0 Å².